The minimum atomic E-state index is -0.527. The lowest BCUT2D eigenvalue weighted by atomic mass is 10.0. The zero-order chi connectivity index (χ0) is 19.0. The summed E-state index contributed by atoms with van der Waals surface area (Å²) < 4.78 is 10.5. The predicted molar refractivity (Wildman–Crippen MR) is 97.9 cm³/mol. The van der Waals surface area contributed by atoms with Gasteiger partial charge in [-0.1, -0.05) is 33.8 Å². The van der Waals surface area contributed by atoms with Gasteiger partial charge in [-0.05, 0) is 30.0 Å². The van der Waals surface area contributed by atoms with E-state index in [2.05, 4.69) is 10.6 Å². The summed E-state index contributed by atoms with van der Waals surface area (Å²) in [5.41, 5.74) is 1.03. The molecule has 140 valence electrons. The van der Waals surface area contributed by atoms with Crippen LogP contribution >= 0.6 is 0 Å². The lowest BCUT2D eigenvalue weighted by Gasteiger charge is -2.22. The van der Waals surface area contributed by atoms with Gasteiger partial charge in [0.15, 0.2) is 11.5 Å². The highest BCUT2D eigenvalue weighted by Crippen LogP contribution is 2.27. The van der Waals surface area contributed by atoms with Crippen LogP contribution in [0.4, 0.5) is 0 Å². The van der Waals surface area contributed by atoms with Gasteiger partial charge < -0.3 is 20.1 Å². The van der Waals surface area contributed by atoms with Crippen molar-refractivity contribution < 1.29 is 19.1 Å². The lowest BCUT2D eigenvalue weighted by Crippen LogP contribution is -2.51. The molecule has 1 atom stereocenters. The Kier molecular flexibility index (Phi) is 8.25. The number of nitrogens with one attached hydrogen (secondary N) is 2. The number of benzene rings is 1. The van der Waals surface area contributed by atoms with Gasteiger partial charge in [0.2, 0.25) is 11.8 Å². The second-order valence-electron chi connectivity index (χ2n) is 6.62. The molecule has 0 heterocycles. The Morgan fingerprint density at radius 3 is 2.16 bits per heavy atom. The lowest BCUT2D eigenvalue weighted by molar-refractivity contribution is -0.131. The Bertz CT molecular complexity index is 585. The molecule has 6 nitrogen and oxygen atoms in total. The quantitative estimate of drug-likeness (QED) is 0.715. The first-order chi connectivity index (χ1) is 11.8. The first kappa shape index (κ1) is 20.8. The maximum absolute atomic E-state index is 12.4. The minimum absolute atomic E-state index is 0.0174. The largest absolute Gasteiger partial charge is 0.493 e. The Balaban J connectivity index is 2.61. The molecule has 0 bridgehead atoms. The second kappa shape index (κ2) is 9.91. The van der Waals surface area contributed by atoms with Crippen LogP contribution in [0.3, 0.4) is 0 Å². The van der Waals surface area contributed by atoms with Crippen molar-refractivity contribution >= 4 is 11.8 Å². The summed E-state index contributed by atoms with van der Waals surface area (Å²) >= 11 is 0. The van der Waals surface area contributed by atoms with Gasteiger partial charge in [-0.15, -0.1) is 0 Å². The van der Waals surface area contributed by atoms with Crippen molar-refractivity contribution in [1.29, 1.82) is 0 Å². The molecule has 0 spiro atoms. The van der Waals surface area contributed by atoms with Crippen molar-refractivity contribution in [2.24, 2.45) is 11.8 Å². The average Bonchev–Trinajstić information content (AvgIpc) is 2.58. The molecule has 1 aromatic rings. The fourth-order valence-corrected chi connectivity index (χ4v) is 2.33. The Hall–Kier alpha value is -2.24. The van der Waals surface area contributed by atoms with Gasteiger partial charge in [0.25, 0.3) is 0 Å². The van der Waals surface area contributed by atoms with Crippen LogP contribution in [0.15, 0.2) is 18.2 Å². The normalized spacial score (nSPS) is 12.0. The number of amides is 2. The maximum atomic E-state index is 12.4. The molecule has 0 aromatic heterocycles. The molecule has 0 radical (unpaired) electrons. The summed E-state index contributed by atoms with van der Waals surface area (Å²) in [6, 6.07) is 5.15. The highest BCUT2D eigenvalue weighted by Gasteiger charge is 2.24. The monoisotopic (exact) mass is 350 g/mol. The van der Waals surface area contributed by atoms with Gasteiger partial charge in [-0.25, -0.2) is 0 Å². The minimum Gasteiger partial charge on any atom is -0.493 e. The third kappa shape index (κ3) is 6.29. The predicted octanol–water partition coefficient (Wildman–Crippen LogP) is 2.16. The fraction of sp³-hybridized carbons (Fsp3) is 0.579. The molecule has 1 unspecified atom stereocenters. The van der Waals surface area contributed by atoms with E-state index in [-0.39, 0.29) is 23.7 Å². The van der Waals surface area contributed by atoms with Crippen molar-refractivity contribution in [3.8, 4) is 11.5 Å². The summed E-state index contributed by atoms with van der Waals surface area (Å²) in [6.45, 7) is 7.93. The number of rotatable bonds is 9. The SMILES string of the molecule is COc1ccc(CCNC(=O)C(NC(=O)C(C)C)C(C)C)cc1OC. The summed E-state index contributed by atoms with van der Waals surface area (Å²) in [4.78, 5) is 24.3. The van der Waals surface area contributed by atoms with Gasteiger partial charge in [-0.3, -0.25) is 9.59 Å². The van der Waals surface area contributed by atoms with Gasteiger partial charge in [0.05, 0.1) is 14.2 Å². The number of ether oxygens (including phenoxy) is 2. The van der Waals surface area contributed by atoms with E-state index in [1.165, 1.54) is 0 Å². The molecule has 0 aliphatic heterocycles. The number of methoxy groups -OCH3 is 2. The first-order valence-corrected chi connectivity index (χ1v) is 8.59. The van der Waals surface area contributed by atoms with E-state index in [0.29, 0.717) is 24.5 Å². The van der Waals surface area contributed by atoms with Crippen molar-refractivity contribution in [2.75, 3.05) is 20.8 Å². The summed E-state index contributed by atoms with van der Waals surface area (Å²) in [7, 11) is 3.18. The third-order valence-electron chi connectivity index (χ3n) is 3.93. The van der Waals surface area contributed by atoms with E-state index in [1.54, 1.807) is 14.2 Å². The zero-order valence-corrected chi connectivity index (χ0v) is 16.0. The Morgan fingerprint density at radius 1 is 1.00 bits per heavy atom. The standard InChI is InChI=1S/C19H30N2O4/c1-12(2)17(21-18(22)13(3)4)19(23)20-10-9-14-7-8-15(24-5)16(11-14)25-6/h7-8,11-13,17H,9-10H2,1-6H3,(H,20,23)(H,21,22). The second-order valence-corrected chi connectivity index (χ2v) is 6.62. The van der Waals surface area contributed by atoms with Crippen LogP contribution in [-0.4, -0.2) is 38.6 Å². The molecule has 1 aromatic carbocycles. The zero-order valence-electron chi connectivity index (χ0n) is 16.0. The van der Waals surface area contributed by atoms with Crippen LogP contribution in [0, 0.1) is 11.8 Å². The number of carbonyl (C=O) groups excluding carboxylic acids is 2. The summed E-state index contributed by atoms with van der Waals surface area (Å²) in [5.74, 6) is 0.921. The molecule has 0 aliphatic rings. The number of carbonyl (C=O) groups is 2. The molecular formula is C19H30N2O4. The van der Waals surface area contributed by atoms with Crippen molar-refractivity contribution in [3.05, 3.63) is 23.8 Å². The van der Waals surface area contributed by atoms with Gasteiger partial charge >= 0.3 is 0 Å². The summed E-state index contributed by atoms with van der Waals surface area (Å²) in [6.07, 6.45) is 0.662. The van der Waals surface area contributed by atoms with Crippen LogP contribution < -0.4 is 20.1 Å². The molecule has 0 fully saturated rings. The third-order valence-corrected chi connectivity index (χ3v) is 3.93. The Morgan fingerprint density at radius 2 is 1.64 bits per heavy atom. The molecule has 0 aliphatic carbocycles. The van der Waals surface area contributed by atoms with Crippen LogP contribution in [0.5, 0.6) is 11.5 Å². The van der Waals surface area contributed by atoms with Crippen LogP contribution in [0.1, 0.15) is 33.3 Å². The average molecular weight is 350 g/mol. The van der Waals surface area contributed by atoms with Gasteiger partial charge in [0.1, 0.15) is 6.04 Å². The summed E-state index contributed by atoms with van der Waals surface area (Å²) in [5, 5.41) is 5.71. The van der Waals surface area contributed by atoms with E-state index in [0.717, 1.165) is 5.56 Å². The maximum Gasteiger partial charge on any atom is 0.242 e. The van der Waals surface area contributed by atoms with E-state index >= 15 is 0 Å². The highest BCUT2D eigenvalue weighted by molar-refractivity contribution is 5.88. The van der Waals surface area contributed by atoms with E-state index in [4.69, 9.17) is 9.47 Å². The van der Waals surface area contributed by atoms with Crippen molar-refractivity contribution in [3.63, 3.8) is 0 Å². The van der Waals surface area contributed by atoms with Crippen LogP contribution in [0.2, 0.25) is 0 Å². The van der Waals surface area contributed by atoms with E-state index < -0.39 is 6.04 Å². The van der Waals surface area contributed by atoms with Crippen molar-refractivity contribution in [2.45, 2.75) is 40.2 Å². The van der Waals surface area contributed by atoms with E-state index in [1.807, 2.05) is 45.9 Å². The Labute approximate surface area is 150 Å². The topological polar surface area (TPSA) is 76.7 Å². The number of hydrogen-bond acceptors (Lipinski definition) is 4. The highest BCUT2D eigenvalue weighted by atomic mass is 16.5. The molecule has 6 heteroatoms. The van der Waals surface area contributed by atoms with E-state index in [9.17, 15) is 9.59 Å². The smallest absolute Gasteiger partial charge is 0.242 e. The molecule has 2 N–H and O–H groups in total. The number of hydrogen-bond donors (Lipinski definition) is 2. The molecule has 2 amide bonds. The van der Waals surface area contributed by atoms with Crippen LogP contribution in [-0.2, 0) is 16.0 Å². The fourth-order valence-electron chi connectivity index (χ4n) is 2.33. The van der Waals surface area contributed by atoms with Crippen LogP contribution in [0.25, 0.3) is 0 Å². The molecule has 25 heavy (non-hydrogen) atoms. The van der Waals surface area contributed by atoms with Gasteiger partial charge in [0, 0.05) is 12.5 Å². The van der Waals surface area contributed by atoms with Crippen molar-refractivity contribution in [1.82, 2.24) is 10.6 Å². The molecule has 1 rings (SSSR count). The first-order valence-electron chi connectivity index (χ1n) is 8.59. The molecule has 0 saturated heterocycles. The molecule has 0 saturated carbocycles. The molecular weight excluding hydrogens is 320 g/mol. The van der Waals surface area contributed by atoms with Gasteiger partial charge in [-0.2, -0.15) is 0 Å².